The smallest absolute Gasteiger partial charge is 0.171 e. The van der Waals surface area contributed by atoms with Crippen LogP contribution in [0.4, 0.5) is 5.82 Å². The molecule has 2 fully saturated rings. The molecule has 2 aliphatic heterocycles. The zero-order chi connectivity index (χ0) is 20.2. The van der Waals surface area contributed by atoms with Crippen molar-refractivity contribution in [2.75, 3.05) is 44.2 Å². The van der Waals surface area contributed by atoms with E-state index in [1.165, 1.54) is 30.7 Å². The highest BCUT2D eigenvalue weighted by atomic mass is 35.5. The summed E-state index contributed by atoms with van der Waals surface area (Å²) in [5.74, 6) is 0.659. The number of aromatic hydroxyl groups is 1. The van der Waals surface area contributed by atoms with E-state index in [4.69, 9.17) is 11.6 Å². The summed E-state index contributed by atoms with van der Waals surface area (Å²) in [5.41, 5.74) is 1.71. The number of carbonyl (C=O) groups excluding carboxylic acids is 1. The van der Waals surface area contributed by atoms with Gasteiger partial charge in [0.1, 0.15) is 0 Å². The first-order valence-electron chi connectivity index (χ1n) is 10.2. The van der Waals surface area contributed by atoms with Gasteiger partial charge in [-0.15, -0.1) is 0 Å². The van der Waals surface area contributed by atoms with Crippen LogP contribution in [0.25, 0.3) is 0 Å². The fraction of sp³-hybridized carbons (Fsp3) is 0.455. The van der Waals surface area contributed by atoms with Gasteiger partial charge in [0.15, 0.2) is 17.9 Å². The lowest BCUT2D eigenvalue weighted by Crippen LogP contribution is -2.53. The van der Waals surface area contributed by atoms with Gasteiger partial charge in [0.05, 0.1) is 0 Å². The first-order valence-corrected chi connectivity index (χ1v) is 10.6. The average Bonchev–Trinajstić information content (AvgIpc) is 2.76. The van der Waals surface area contributed by atoms with Gasteiger partial charge in [-0.1, -0.05) is 23.7 Å². The van der Waals surface area contributed by atoms with Crippen molar-refractivity contribution in [2.24, 2.45) is 0 Å². The van der Waals surface area contributed by atoms with E-state index < -0.39 is 0 Å². The van der Waals surface area contributed by atoms with Crippen LogP contribution in [0.3, 0.4) is 0 Å². The van der Waals surface area contributed by atoms with E-state index in [0.717, 1.165) is 50.8 Å². The average molecular weight is 415 g/mol. The molecule has 7 heteroatoms. The second-order valence-electron chi connectivity index (χ2n) is 7.89. The molecule has 4 rings (SSSR count). The molecule has 1 aromatic carbocycles. The van der Waals surface area contributed by atoms with Gasteiger partial charge in [0.25, 0.3) is 0 Å². The highest BCUT2D eigenvalue weighted by Gasteiger charge is 2.28. The van der Waals surface area contributed by atoms with Gasteiger partial charge in [-0.05, 0) is 49.7 Å². The van der Waals surface area contributed by atoms with Crippen molar-refractivity contribution in [1.29, 1.82) is 0 Å². The Balaban J connectivity index is 1.25. The summed E-state index contributed by atoms with van der Waals surface area (Å²) in [6.45, 7) is 6.83. The summed E-state index contributed by atoms with van der Waals surface area (Å²) in [6.07, 6.45) is 4.59. The van der Waals surface area contributed by atoms with Crippen LogP contribution in [0.15, 0.2) is 36.5 Å². The van der Waals surface area contributed by atoms with Crippen LogP contribution in [-0.2, 0) is 6.54 Å². The van der Waals surface area contributed by atoms with Crippen molar-refractivity contribution in [1.82, 2.24) is 14.8 Å². The van der Waals surface area contributed by atoms with Crippen molar-refractivity contribution >= 4 is 23.7 Å². The van der Waals surface area contributed by atoms with Crippen molar-refractivity contribution in [3.05, 3.63) is 52.7 Å². The van der Waals surface area contributed by atoms with Crippen LogP contribution < -0.4 is 4.90 Å². The zero-order valence-corrected chi connectivity index (χ0v) is 17.3. The normalized spacial score (nSPS) is 19.4. The molecule has 0 unspecified atom stereocenters. The Morgan fingerprint density at radius 3 is 2.38 bits per heavy atom. The zero-order valence-electron chi connectivity index (χ0n) is 16.5. The third-order valence-electron chi connectivity index (χ3n) is 6.01. The maximum absolute atomic E-state index is 10.8. The molecule has 0 bridgehead atoms. The molecular formula is C22H27ClN4O2. The second kappa shape index (κ2) is 9.11. The Labute approximate surface area is 176 Å². The van der Waals surface area contributed by atoms with Crippen LogP contribution in [0.2, 0.25) is 5.02 Å². The Hall–Kier alpha value is -2.15. The van der Waals surface area contributed by atoms with Gasteiger partial charge in [0, 0.05) is 55.5 Å². The van der Waals surface area contributed by atoms with Crippen molar-refractivity contribution in [3.8, 4) is 5.75 Å². The minimum absolute atomic E-state index is 0.0820. The van der Waals surface area contributed by atoms with E-state index in [2.05, 4.69) is 31.8 Å². The minimum atomic E-state index is 0.0820. The number of pyridine rings is 1. The lowest BCUT2D eigenvalue weighted by Gasteiger charge is -2.43. The fourth-order valence-electron chi connectivity index (χ4n) is 4.36. The third kappa shape index (κ3) is 4.89. The van der Waals surface area contributed by atoms with Crippen LogP contribution in [0.1, 0.15) is 28.8 Å². The molecule has 1 N–H and O–H groups in total. The number of aromatic nitrogens is 1. The van der Waals surface area contributed by atoms with E-state index in [-0.39, 0.29) is 5.75 Å². The molecule has 6 nitrogen and oxygen atoms in total. The molecule has 2 saturated heterocycles. The summed E-state index contributed by atoms with van der Waals surface area (Å²) in [6, 6.07) is 10.2. The number of piperazine rings is 1. The molecular weight excluding hydrogens is 388 g/mol. The van der Waals surface area contributed by atoms with Crippen LogP contribution in [0.5, 0.6) is 5.75 Å². The number of anilines is 1. The number of hydrogen-bond acceptors (Lipinski definition) is 6. The molecule has 154 valence electrons. The second-order valence-corrected chi connectivity index (χ2v) is 8.32. The monoisotopic (exact) mass is 414 g/mol. The molecule has 0 spiro atoms. The number of nitrogens with zero attached hydrogens (tertiary/aromatic N) is 4. The molecule has 1 aromatic heterocycles. The first-order chi connectivity index (χ1) is 14.1. The topological polar surface area (TPSA) is 59.9 Å². The largest absolute Gasteiger partial charge is 0.504 e. The molecule has 2 aromatic rings. The molecule has 29 heavy (non-hydrogen) atoms. The van der Waals surface area contributed by atoms with Gasteiger partial charge in [-0.2, -0.15) is 0 Å². The maximum Gasteiger partial charge on any atom is 0.171 e. The predicted molar refractivity (Wildman–Crippen MR) is 115 cm³/mol. The third-order valence-corrected chi connectivity index (χ3v) is 6.26. The number of piperidine rings is 1. The predicted octanol–water partition coefficient (Wildman–Crippen LogP) is 3.04. The number of rotatable bonds is 5. The van der Waals surface area contributed by atoms with E-state index in [1.807, 2.05) is 12.1 Å². The van der Waals surface area contributed by atoms with Gasteiger partial charge in [-0.3, -0.25) is 14.6 Å². The number of benzene rings is 1. The van der Waals surface area contributed by atoms with E-state index in [9.17, 15) is 9.90 Å². The molecule has 0 saturated carbocycles. The van der Waals surface area contributed by atoms with Gasteiger partial charge in [-0.25, -0.2) is 4.98 Å². The minimum Gasteiger partial charge on any atom is -0.504 e. The van der Waals surface area contributed by atoms with Crippen LogP contribution >= 0.6 is 11.6 Å². The van der Waals surface area contributed by atoms with Crippen molar-refractivity contribution in [2.45, 2.75) is 25.4 Å². The van der Waals surface area contributed by atoms with Crippen LogP contribution in [-0.4, -0.2) is 71.5 Å². The molecule has 0 radical (unpaired) electrons. The molecule has 0 atom stereocenters. The standard InChI is InChI=1S/C22H27ClN4O2/c23-19-3-1-17(2-4-19)15-25-7-5-20(6-8-25)26-9-11-27(12-10-26)22-21(29)13-18(16-28)14-24-22/h1-4,13-14,16,20,29H,5-12,15H2. The lowest BCUT2D eigenvalue weighted by atomic mass is 10.0. The summed E-state index contributed by atoms with van der Waals surface area (Å²) < 4.78 is 0. The molecule has 2 aliphatic rings. The summed E-state index contributed by atoms with van der Waals surface area (Å²) in [5, 5.41) is 11.0. The number of carbonyl (C=O) groups is 1. The Morgan fingerprint density at radius 2 is 1.76 bits per heavy atom. The highest BCUT2D eigenvalue weighted by Crippen LogP contribution is 2.27. The van der Waals surface area contributed by atoms with Gasteiger partial charge >= 0.3 is 0 Å². The SMILES string of the molecule is O=Cc1cnc(N2CCN(C3CCN(Cc4ccc(Cl)cc4)CC3)CC2)c(O)c1. The van der Waals surface area contributed by atoms with E-state index in [1.54, 1.807) is 0 Å². The Bertz CT molecular complexity index is 829. The van der Waals surface area contributed by atoms with Crippen molar-refractivity contribution in [3.63, 3.8) is 0 Å². The Kier molecular flexibility index (Phi) is 6.33. The lowest BCUT2D eigenvalue weighted by molar-refractivity contribution is 0.0996. The summed E-state index contributed by atoms with van der Waals surface area (Å²) in [7, 11) is 0. The number of likely N-dealkylation sites (tertiary alicyclic amines) is 1. The fourth-order valence-corrected chi connectivity index (χ4v) is 4.49. The number of hydrogen-bond donors (Lipinski definition) is 1. The van der Waals surface area contributed by atoms with Crippen LogP contribution in [0, 0.1) is 0 Å². The first kappa shape index (κ1) is 20.1. The Morgan fingerprint density at radius 1 is 1.07 bits per heavy atom. The van der Waals surface area contributed by atoms with Crippen molar-refractivity contribution < 1.29 is 9.90 Å². The van der Waals surface area contributed by atoms with Gasteiger partial charge in [0.2, 0.25) is 0 Å². The number of aldehydes is 1. The molecule has 3 heterocycles. The highest BCUT2D eigenvalue weighted by molar-refractivity contribution is 6.30. The summed E-state index contributed by atoms with van der Waals surface area (Å²) in [4.78, 5) is 22.3. The van der Waals surface area contributed by atoms with Gasteiger partial charge < -0.3 is 10.0 Å². The van der Waals surface area contributed by atoms with E-state index >= 15 is 0 Å². The van der Waals surface area contributed by atoms with E-state index in [0.29, 0.717) is 23.7 Å². The summed E-state index contributed by atoms with van der Waals surface area (Å²) >= 11 is 5.98. The maximum atomic E-state index is 10.8. The molecule has 0 aliphatic carbocycles. The quantitative estimate of drug-likeness (QED) is 0.759. The number of halogens is 1. The molecule has 0 amide bonds.